The molecule has 10 heavy (non-hydrogen) atoms. The quantitative estimate of drug-likeness (QED) is 0.423. The van der Waals surface area contributed by atoms with Crippen molar-refractivity contribution in [3.05, 3.63) is 4.91 Å². The lowest BCUT2D eigenvalue weighted by Crippen LogP contribution is -2.38. The molecular weight excluding hydrogens is 138 g/mol. The number of carbonyl (C=O) groups excluding carboxylic acids is 1. The molecule has 0 rings (SSSR count). The van der Waals surface area contributed by atoms with Crippen molar-refractivity contribution in [2.75, 3.05) is 6.73 Å². The number of amides is 2. The molecule has 0 aromatic carbocycles. The molecule has 6 heteroatoms. The third-order valence-electron chi connectivity index (χ3n) is 0.723. The van der Waals surface area contributed by atoms with E-state index in [2.05, 4.69) is 15.2 Å². The summed E-state index contributed by atoms with van der Waals surface area (Å²) in [6.07, 6.45) is -0.574. The first kappa shape index (κ1) is 8.83. The standard InChI is InChI=1S/C4H9N3O3/c1-3(7-4(5)8)10-2-6-9/h3H,2H2,1H3,(H3,5,7,8). The molecule has 0 radical (unpaired) electrons. The Balaban J connectivity index is 3.33. The second kappa shape index (κ2) is 4.68. The topological polar surface area (TPSA) is 93.8 Å². The monoisotopic (exact) mass is 147 g/mol. The average molecular weight is 147 g/mol. The number of nitrogens with zero attached hydrogens (tertiary/aromatic N) is 1. The Morgan fingerprint density at radius 1 is 1.90 bits per heavy atom. The van der Waals surface area contributed by atoms with Crippen molar-refractivity contribution in [3.8, 4) is 0 Å². The predicted octanol–water partition coefficient (Wildman–Crippen LogP) is -0.259. The third-order valence-corrected chi connectivity index (χ3v) is 0.723. The molecule has 0 aromatic heterocycles. The van der Waals surface area contributed by atoms with Crippen molar-refractivity contribution < 1.29 is 9.53 Å². The summed E-state index contributed by atoms with van der Waals surface area (Å²) < 4.78 is 4.61. The maximum atomic E-state index is 10.1. The van der Waals surface area contributed by atoms with Gasteiger partial charge in [0.15, 0.2) is 6.73 Å². The molecule has 0 spiro atoms. The molecule has 0 bridgehead atoms. The van der Waals surface area contributed by atoms with Crippen LogP contribution in [0, 0.1) is 4.91 Å². The van der Waals surface area contributed by atoms with Crippen molar-refractivity contribution in [1.82, 2.24) is 5.32 Å². The fraction of sp³-hybridized carbons (Fsp3) is 0.750. The van der Waals surface area contributed by atoms with Crippen molar-refractivity contribution >= 4 is 6.03 Å². The normalized spacial score (nSPS) is 12.1. The van der Waals surface area contributed by atoms with Crippen LogP contribution in [-0.2, 0) is 4.74 Å². The Hall–Kier alpha value is -1.17. The number of urea groups is 1. The van der Waals surface area contributed by atoms with Gasteiger partial charge in [0.1, 0.15) is 6.23 Å². The maximum absolute atomic E-state index is 10.1. The Bertz CT molecular complexity index is 127. The summed E-state index contributed by atoms with van der Waals surface area (Å²) in [6.45, 7) is 1.25. The lowest BCUT2D eigenvalue weighted by atomic mass is 10.6. The first-order valence-corrected chi connectivity index (χ1v) is 2.63. The molecule has 0 saturated heterocycles. The largest absolute Gasteiger partial charge is 0.352 e. The zero-order valence-electron chi connectivity index (χ0n) is 5.53. The molecule has 0 saturated carbocycles. The van der Waals surface area contributed by atoms with E-state index in [9.17, 15) is 9.70 Å². The zero-order valence-corrected chi connectivity index (χ0v) is 5.53. The van der Waals surface area contributed by atoms with E-state index in [0.717, 1.165) is 0 Å². The molecule has 0 heterocycles. The van der Waals surface area contributed by atoms with Crippen LogP contribution in [0.1, 0.15) is 6.92 Å². The molecule has 1 atom stereocenters. The second-order valence-electron chi connectivity index (χ2n) is 1.58. The van der Waals surface area contributed by atoms with E-state index in [-0.39, 0.29) is 6.73 Å². The summed E-state index contributed by atoms with van der Waals surface area (Å²) in [5, 5.41) is 4.61. The van der Waals surface area contributed by atoms with Gasteiger partial charge in [0.05, 0.1) is 0 Å². The fourth-order valence-electron chi connectivity index (χ4n) is 0.384. The Morgan fingerprint density at radius 2 is 2.50 bits per heavy atom. The minimum atomic E-state index is -0.696. The molecule has 6 nitrogen and oxygen atoms in total. The summed E-state index contributed by atoms with van der Waals surface area (Å²) >= 11 is 0. The highest BCUT2D eigenvalue weighted by Crippen LogP contribution is 1.83. The van der Waals surface area contributed by atoms with Crippen molar-refractivity contribution in [2.45, 2.75) is 13.2 Å². The van der Waals surface area contributed by atoms with Gasteiger partial charge in [0.25, 0.3) is 0 Å². The minimum Gasteiger partial charge on any atom is -0.352 e. The van der Waals surface area contributed by atoms with Gasteiger partial charge in [-0.15, -0.1) is 4.91 Å². The average Bonchev–Trinajstić information content (AvgIpc) is 1.82. The summed E-state index contributed by atoms with van der Waals surface area (Å²) in [7, 11) is 0. The number of nitrogens with two attached hydrogens (primary N) is 1. The van der Waals surface area contributed by atoms with Crippen LogP contribution in [0.2, 0.25) is 0 Å². The van der Waals surface area contributed by atoms with Crippen molar-refractivity contribution in [1.29, 1.82) is 0 Å². The van der Waals surface area contributed by atoms with Crippen LogP contribution in [0.15, 0.2) is 5.18 Å². The number of hydrogen-bond acceptors (Lipinski definition) is 4. The molecule has 2 amide bonds. The number of nitrogens with one attached hydrogen (secondary N) is 1. The van der Waals surface area contributed by atoms with Gasteiger partial charge in [-0.2, -0.15) is 0 Å². The number of primary amides is 1. The lowest BCUT2D eigenvalue weighted by Gasteiger charge is -2.09. The van der Waals surface area contributed by atoms with Crippen LogP contribution >= 0.6 is 0 Å². The van der Waals surface area contributed by atoms with E-state index >= 15 is 0 Å². The van der Waals surface area contributed by atoms with Gasteiger partial charge in [-0.3, -0.25) is 0 Å². The van der Waals surface area contributed by atoms with Crippen LogP contribution in [0.5, 0.6) is 0 Å². The Labute approximate surface area is 57.7 Å². The first-order chi connectivity index (χ1) is 4.66. The zero-order chi connectivity index (χ0) is 7.98. The minimum absolute atomic E-state index is 0.290. The number of nitroso groups, excluding NO2 is 1. The van der Waals surface area contributed by atoms with E-state index in [1.54, 1.807) is 0 Å². The highest BCUT2D eigenvalue weighted by molar-refractivity contribution is 5.71. The molecule has 0 aliphatic carbocycles. The molecule has 1 unspecified atom stereocenters. The van der Waals surface area contributed by atoms with E-state index < -0.39 is 12.3 Å². The molecule has 0 aromatic rings. The summed E-state index contributed by atoms with van der Waals surface area (Å²) in [5.74, 6) is 0. The highest BCUT2D eigenvalue weighted by Gasteiger charge is 2.01. The van der Waals surface area contributed by atoms with Crippen molar-refractivity contribution in [3.63, 3.8) is 0 Å². The van der Waals surface area contributed by atoms with Gasteiger partial charge in [-0.05, 0) is 12.1 Å². The van der Waals surface area contributed by atoms with Gasteiger partial charge < -0.3 is 15.8 Å². The van der Waals surface area contributed by atoms with E-state index in [0.29, 0.717) is 0 Å². The molecule has 58 valence electrons. The molecule has 0 aliphatic rings. The SMILES string of the molecule is CC(NC(N)=O)OCN=O. The second-order valence-corrected chi connectivity index (χ2v) is 1.58. The van der Waals surface area contributed by atoms with Gasteiger partial charge >= 0.3 is 6.03 Å². The maximum Gasteiger partial charge on any atom is 0.314 e. The molecule has 0 fully saturated rings. The summed E-state index contributed by atoms with van der Waals surface area (Å²) in [5.41, 5.74) is 4.73. The summed E-state index contributed by atoms with van der Waals surface area (Å²) in [6, 6.07) is -0.696. The number of hydrogen-bond donors (Lipinski definition) is 2. The van der Waals surface area contributed by atoms with Gasteiger partial charge in [-0.25, -0.2) is 4.79 Å². The lowest BCUT2D eigenvalue weighted by molar-refractivity contribution is 0.0558. The van der Waals surface area contributed by atoms with Crippen LogP contribution < -0.4 is 11.1 Å². The highest BCUT2D eigenvalue weighted by atomic mass is 16.5. The van der Waals surface area contributed by atoms with E-state index in [4.69, 9.17) is 5.73 Å². The van der Waals surface area contributed by atoms with E-state index in [1.807, 2.05) is 0 Å². The Morgan fingerprint density at radius 3 is 2.90 bits per heavy atom. The summed E-state index contributed by atoms with van der Waals surface area (Å²) in [4.78, 5) is 19.6. The van der Waals surface area contributed by atoms with Gasteiger partial charge in [0, 0.05) is 0 Å². The number of ether oxygens (including phenoxy) is 1. The fourth-order valence-corrected chi connectivity index (χ4v) is 0.384. The van der Waals surface area contributed by atoms with Crippen LogP contribution in [0.4, 0.5) is 4.79 Å². The molecular formula is C4H9N3O3. The van der Waals surface area contributed by atoms with Crippen molar-refractivity contribution in [2.24, 2.45) is 10.9 Å². The number of carbonyl (C=O) groups is 1. The molecule has 0 aliphatic heterocycles. The smallest absolute Gasteiger partial charge is 0.314 e. The third kappa shape index (κ3) is 4.98. The predicted molar refractivity (Wildman–Crippen MR) is 33.9 cm³/mol. The molecule has 3 N–H and O–H groups in total. The first-order valence-electron chi connectivity index (χ1n) is 2.63. The Kier molecular flexibility index (Phi) is 4.14. The van der Waals surface area contributed by atoms with Crippen LogP contribution in [-0.4, -0.2) is 19.0 Å². The van der Waals surface area contributed by atoms with Gasteiger partial charge in [-0.1, -0.05) is 0 Å². The number of rotatable bonds is 4. The van der Waals surface area contributed by atoms with Gasteiger partial charge in [0.2, 0.25) is 0 Å². The van der Waals surface area contributed by atoms with E-state index in [1.165, 1.54) is 6.92 Å². The van der Waals surface area contributed by atoms with Crippen LogP contribution in [0.25, 0.3) is 0 Å². The van der Waals surface area contributed by atoms with Crippen LogP contribution in [0.3, 0.4) is 0 Å².